The second kappa shape index (κ2) is 5.40. The Balaban J connectivity index is 1.94. The molecule has 116 valence electrons. The summed E-state index contributed by atoms with van der Waals surface area (Å²) in [4.78, 5) is 17.8. The van der Waals surface area contributed by atoms with Crippen molar-refractivity contribution in [3.05, 3.63) is 21.9 Å². The molecule has 0 aromatic carbocycles. The number of nitrogens with one attached hydrogen (secondary N) is 1. The van der Waals surface area contributed by atoms with Crippen LogP contribution in [0.15, 0.2) is 12.1 Å². The molecule has 2 heterocycles. The van der Waals surface area contributed by atoms with E-state index in [0.29, 0.717) is 11.9 Å². The minimum absolute atomic E-state index is 0.0662. The van der Waals surface area contributed by atoms with Crippen molar-refractivity contribution in [2.75, 3.05) is 0 Å². The zero-order valence-corrected chi connectivity index (χ0v) is 14.3. The highest BCUT2D eigenvalue weighted by Gasteiger charge is 2.50. The van der Waals surface area contributed by atoms with E-state index in [1.165, 1.54) is 16.2 Å². The van der Waals surface area contributed by atoms with Gasteiger partial charge in [0.25, 0.3) is 0 Å². The zero-order valence-electron chi connectivity index (χ0n) is 13.5. The fourth-order valence-electron chi connectivity index (χ4n) is 3.70. The Kier molecular flexibility index (Phi) is 3.87. The lowest BCUT2D eigenvalue weighted by Gasteiger charge is -2.30. The summed E-state index contributed by atoms with van der Waals surface area (Å²) in [6.45, 7) is 8.59. The molecule has 2 aliphatic rings. The number of rotatable bonds is 3. The van der Waals surface area contributed by atoms with Crippen molar-refractivity contribution >= 4 is 17.2 Å². The van der Waals surface area contributed by atoms with Gasteiger partial charge in [0.15, 0.2) is 0 Å². The average Bonchev–Trinajstić information content (AvgIpc) is 3.11. The number of hydrogen-bond acceptors (Lipinski definition) is 3. The van der Waals surface area contributed by atoms with Crippen LogP contribution in [-0.4, -0.2) is 22.4 Å². The normalized spacial score (nSPS) is 36.7. The Labute approximate surface area is 131 Å². The van der Waals surface area contributed by atoms with Crippen LogP contribution in [0.5, 0.6) is 0 Å². The van der Waals surface area contributed by atoms with Crippen LogP contribution in [0, 0.1) is 12.8 Å². The van der Waals surface area contributed by atoms with Crippen molar-refractivity contribution in [2.45, 2.75) is 71.1 Å². The van der Waals surface area contributed by atoms with Crippen LogP contribution in [-0.2, 0) is 4.79 Å². The van der Waals surface area contributed by atoms with Crippen LogP contribution < -0.4 is 5.32 Å². The monoisotopic (exact) mass is 306 g/mol. The Hall–Kier alpha value is -0.870. The maximum absolute atomic E-state index is 13.0. The van der Waals surface area contributed by atoms with Crippen LogP contribution in [0.4, 0.5) is 0 Å². The first kappa shape index (κ1) is 15.0. The molecule has 1 aromatic rings. The van der Waals surface area contributed by atoms with Gasteiger partial charge in [0.2, 0.25) is 5.91 Å². The van der Waals surface area contributed by atoms with Gasteiger partial charge in [-0.25, -0.2) is 0 Å². The topological polar surface area (TPSA) is 32.3 Å². The maximum Gasteiger partial charge on any atom is 0.244 e. The van der Waals surface area contributed by atoms with Crippen LogP contribution in [0.1, 0.15) is 62.4 Å². The fraction of sp³-hybridized carbons (Fsp3) is 0.706. The highest BCUT2D eigenvalue weighted by Crippen LogP contribution is 2.41. The number of hydrogen-bond donors (Lipinski definition) is 1. The largest absolute Gasteiger partial charge is 0.317 e. The molecule has 2 fully saturated rings. The standard InChI is InChI=1S/C17H26N2OS/c1-5-17(4)16(20)19(13-8-6-11(2)10-13)15(18-17)14-9-7-12(3)21-14/h7,9,11,13,15,18H,5-6,8,10H2,1-4H3. The molecule has 4 unspecified atom stereocenters. The Morgan fingerprint density at radius 2 is 2.19 bits per heavy atom. The zero-order chi connectivity index (χ0) is 15.2. The summed E-state index contributed by atoms with van der Waals surface area (Å²) in [5, 5.41) is 3.63. The molecule has 0 spiro atoms. The minimum atomic E-state index is -0.408. The minimum Gasteiger partial charge on any atom is -0.317 e. The van der Waals surface area contributed by atoms with Gasteiger partial charge in [-0.3, -0.25) is 10.1 Å². The summed E-state index contributed by atoms with van der Waals surface area (Å²) in [5.74, 6) is 1.03. The third-order valence-corrected chi connectivity index (χ3v) is 6.29. The molecule has 1 saturated heterocycles. The van der Waals surface area contributed by atoms with E-state index in [2.05, 4.69) is 50.0 Å². The molecule has 1 saturated carbocycles. The summed E-state index contributed by atoms with van der Waals surface area (Å²) in [6.07, 6.45) is 4.44. The van der Waals surface area contributed by atoms with Crippen LogP contribution in [0.25, 0.3) is 0 Å². The van der Waals surface area contributed by atoms with Crippen molar-refractivity contribution in [3.8, 4) is 0 Å². The summed E-state index contributed by atoms with van der Waals surface area (Å²) >= 11 is 1.81. The molecule has 4 atom stereocenters. The van der Waals surface area contributed by atoms with Crippen molar-refractivity contribution < 1.29 is 4.79 Å². The number of thiophene rings is 1. The molecule has 3 rings (SSSR count). The van der Waals surface area contributed by atoms with Gasteiger partial charge in [-0.15, -0.1) is 11.3 Å². The van der Waals surface area contributed by atoms with E-state index < -0.39 is 5.54 Å². The van der Waals surface area contributed by atoms with Crippen LogP contribution in [0.2, 0.25) is 0 Å². The molecule has 1 amide bonds. The van der Waals surface area contributed by atoms with Gasteiger partial charge >= 0.3 is 0 Å². The molecule has 0 bridgehead atoms. The first-order chi connectivity index (χ1) is 9.94. The summed E-state index contributed by atoms with van der Waals surface area (Å²) in [7, 11) is 0. The number of amides is 1. The fourth-order valence-corrected chi connectivity index (χ4v) is 4.63. The van der Waals surface area contributed by atoms with Gasteiger partial charge in [-0.05, 0) is 57.6 Å². The third-order valence-electron chi connectivity index (χ3n) is 5.24. The van der Waals surface area contributed by atoms with E-state index in [-0.39, 0.29) is 6.17 Å². The molecular formula is C17H26N2OS. The summed E-state index contributed by atoms with van der Waals surface area (Å²) in [6, 6.07) is 4.74. The van der Waals surface area contributed by atoms with E-state index in [1.807, 2.05) is 0 Å². The molecule has 1 aromatic heterocycles. The van der Waals surface area contributed by atoms with E-state index >= 15 is 0 Å². The van der Waals surface area contributed by atoms with E-state index in [1.54, 1.807) is 11.3 Å². The van der Waals surface area contributed by atoms with Crippen LogP contribution >= 0.6 is 11.3 Å². The van der Waals surface area contributed by atoms with E-state index in [0.717, 1.165) is 25.2 Å². The molecule has 1 N–H and O–H groups in total. The molecule has 4 heteroatoms. The SMILES string of the molecule is CCC1(C)NC(c2ccc(C)s2)N(C2CCC(C)C2)C1=O. The molecule has 1 aliphatic heterocycles. The van der Waals surface area contributed by atoms with Gasteiger partial charge in [-0.2, -0.15) is 0 Å². The third kappa shape index (κ3) is 2.53. The Bertz CT molecular complexity index is 541. The molecule has 1 aliphatic carbocycles. The predicted octanol–water partition coefficient (Wildman–Crippen LogP) is 3.84. The number of carbonyl (C=O) groups is 1. The Morgan fingerprint density at radius 1 is 1.43 bits per heavy atom. The summed E-state index contributed by atoms with van der Waals surface area (Å²) < 4.78 is 0. The van der Waals surface area contributed by atoms with Gasteiger partial charge in [0.1, 0.15) is 6.17 Å². The lowest BCUT2D eigenvalue weighted by Crippen LogP contribution is -2.44. The number of carbonyl (C=O) groups excluding carboxylic acids is 1. The first-order valence-corrected chi connectivity index (χ1v) is 8.93. The van der Waals surface area contributed by atoms with Gasteiger partial charge < -0.3 is 4.90 Å². The number of aryl methyl sites for hydroxylation is 1. The first-order valence-electron chi connectivity index (χ1n) is 8.11. The lowest BCUT2D eigenvalue weighted by atomic mass is 9.99. The molecular weight excluding hydrogens is 280 g/mol. The molecule has 3 nitrogen and oxygen atoms in total. The smallest absolute Gasteiger partial charge is 0.244 e. The van der Waals surface area contributed by atoms with E-state index in [4.69, 9.17) is 0 Å². The van der Waals surface area contributed by atoms with Crippen LogP contribution in [0.3, 0.4) is 0 Å². The highest BCUT2D eigenvalue weighted by atomic mass is 32.1. The predicted molar refractivity (Wildman–Crippen MR) is 87.3 cm³/mol. The molecule has 0 radical (unpaired) electrons. The second-order valence-electron chi connectivity index (χ2n) is 6.97. The van der Waals surface area contributed by atoms with Crippen molar-refractivity contribution in [3.63, 3.8) is 0 Å². The highest BCUT2D eigenvalue weighted by molar-refractivity contribution is 7.12. The van der Waals surface area contributed by atoms with Crippen molar-refractivity contribution in [1.82, 2.24) is 10.2 Å². The number of nitrogens with zero attached hydrogens (tertiary/aromatic N) is 1. The Morgan fingerprint density at radius 3 is 2.71 bits per heavy atom. The van der Waals surface area contributed by atoms with Gasteiger partial charge in [0, 0.05) is 15.8 Å². The molecule has 21 heavy (non-hydrogen) atoms. The quantitative estimate of drug-likeness (QED) is 0.920. The van der Waals surface area contributed by atoms with Gasteiger partial charge in [0.05, 0.1) is 5.54 Å². The van der Waals surface area contributed by atoms with Crippen molar-refractivity contribution in [1.29, 1.82) is 0 Å². The second-order valence-corrected chi connectivity index (χ2v) is 8.28. The average molecular weight is 306 g/mol. The lowest BCUT2D eigenvalue weighted by molar-refractivity contribution is -0.135. The maximum atomic E-state index is 13.0. The van der Waals surface area contributed by atoms with Gasteiger partial charge in [-0.1, -0.05) is 13.8 Å². The summed E-state index contributed by atoms with van der Waals surface area (Å²) in [5.41, 5.74) is -0.408. The van der Waals surface area contributed by atoms with E-state index in [9.17, 15) is 4.79 Å². The van der Waals surface area contributed by atoms with Crippen molar-refractivity contribution in [2.24, 2.45) is 5.92 Å².